The summed E-state index contributed by atoms with van der Waals surface area (Å²) in [5.41, 5.74) is 3.37. The lowest BCUT2D eigenvalue weighted by Gasteiger charge is -2.18. The lowest BCUT2D eigenvalue weighted by Crippen LogP contribution is -2.29. The second kappa shape index (κ2) is 9.22. The Morgan fingerprint density at radius 3 is 2.77 bits per heavy atom. The summed E-state index contributed by atoms with van der Waals surface area (Å²) in [6.45, 7) is 6.60. The van der Waals surface area contributed by atoms with E-state index in [1.165, 1.54) is 5.56 Å². The van der Waals surface area contributed by atoms with Gasteiger partial charge in [0.25, 0.3) is 5.89 Å². The molecule has 3 heterocycles. The van der Waals surface area contributed by atoms with Crippen molar-refractivity contribution in [1.29, 1.82) is 0 Å². The first-order valence-electron chi connectivity index (χ1n) is 10.4. The van der Waals surface area contributed by atoms with E-state index in [0.29, 0.717) is 29.9 Å². The maximum Gasteiger partial charge on any atom is 0.268 e. The molecule has 1 atom stereocenters. The highest BCUT2D eigenvalue weighted by molar-refractivity contribution is 5.72. The van der Waals surface area contributed by atoms with E-state index in [4.69, 9.17) is 9.40 Å². The SMILES string of the molecule is CNCc1ccc(-c2nnc(-c3nc(N4CC[C@@H](CNC(C)=O)C4)cnc3C)o2)cc1.[HH].[HH].[HH]. The van der Waals surface area contributed by atoms with Gasteiger partial charge in [-0.1, -0.05) is 12.1 Å². The minimum absolute atomic E-state index is 0. The quantitative estimate of drug-likeness (QED) is 0.592. The van der Waals surface area contributed by atoms with Crippen LogP contribution in [0, 0.1) is 12.8 Å². The molecule has 168 valence electrons. The maximum atomic E-state index is 11.2. The summed E-state index contributed by atoms with van der Waals surface area (Å²) in [6, 6.07) is 8.01. The Kier molecular flexibility index (Phi) is 6.22. The van der Waals surface area contributed by atoms with Crippen molar-refractivity contribution in [2.75, 3.05) is 31.6 Å². The van der Waals surface area contributed by atoms with Gasteiger partial charge in [-0.3, -0.25) is 9.78 Å². The normalized spacial score (nSPS) is 16.0. The molecule has 1 aliphatic rings. The number of rotatable bonds is 7. The first-order valence-corrected chi connectivity index (χ1v) is 10.4. The molecule has 0 bridgehead atoms. The van der Waals surface area contributed by atoms with Crippen molar-refractivity contribution in [2.24, 2.45) is 5.92 Å². The van der Waals surface area contributed by atoms with E-state index >= 15 is 0 Å². The molecular formula is C22H33N7O2. The fraction of sp³-hybridized carbons (Fsp3) is 0.409. The van der Waals surface area contributed by atoms with Gasteiger partial charge in [0.05, 0.1) is 11.9 Å². The molecule has 1 aliphatic heterocycles. The molecule has 9 nitrogen and oxygen atoms in total. The van der Waals surface area contributed by atoms with Gasteiger partial charge in [0, 0.05) is 42.9 Å². The lowest BCUT2D eigenvalue weighted by molar-refractivity contribution is -0.119. The summed E-state index contributed by atoms with van der Waals surface area (Å²) in [7, 11) is 1.92. The van der Waals surface area contributed by atoms with Gasteiger partial charge in [-0.2, -0.15) is 0 Å². The van der Waals surface area contributed by atoms with Crippen molar-refractivity contribution in [3.8, 4) is 23.0 Å². The van der Waals surface area contributed by atoms with Crippen molar-refractivity contribution >= 4 is 11.7 Å². The van der Waals surface area contributed by atoms with Crippen LogP contribution in [0.3, 0.4) is 0 Å². The number of hydrogen-bond donors (Lipinski definition) is 2. The van der Waals surface area contributed by atoms with Crippen LogP contribution in [-0.2, 0) is 11.3 Å². The summed E-state index contributed by atoms with van der Waals surface area (Å²) >= 11 is 0. The standard InChI is InChI=1S/C22H27N7O2.3H2/c1-14-20(22-28-27-21(31-22)18-6-4-16(5-7-18)10-23-3)26-19(12-24-14)29-9-8-17(13-29)11-25-15(2)30;;;/h4-7,12,17,23H,8-11,13H2,1-3H3,(H,25,30);3*1H/t17-;;;/m0.../s1. The zero-order valence-electron chi connectivity index (χ0n) is 18.1. The fourth-order valence-corrected chi connectivity index (χ4v) is 3.70. The minimum Gasteiger partial charge on any atom is -0.415 e. The summed E-state index contributed by atoms with van der Waals surface area (Å²) in [6.07, 6.45) is 2.77. The summed E-state index contributed by atoms with van der Waals surface area (Å²) in [5, 5.41) is 14.4. The lowest BCUT2D eigenvalue weighted by atomic mass is 10.1. The number of carbonyl (C=O) groups is 1. The van der Waals surface area contributed by atoms with Gasteiger partial charge >= 0.3 is 0 Å². The van der Waals surface area contributed by atoms with Crippen LogP contribution < -0.4 is 15.5 Å². The first kappa shape index (κ1) is 20.9. The molecule has 1 amide bonds. The van der Waals surface area contributed by atoms with Gasteiger partial charge in [0.2, 0.25) is 11.8 Å². The van der Waals surface area contributed by atoms with E-state index in [1.807, 2.05) is 38.2 Å². The van der Waals surface area contributed by atoms with Crippen molar-refractivity contribution in [3.63, 3.8) is 0 Å². The van der Waals surface area contributed by atoms with E-state index in [1.54, 1.807) is 13.1 Å². The monoisotopic (exact) mass is 427 g/mol. The number of amides is 1. The highest BCUT2D eigenvalue weighted by Crippen LogP contribution is 2.28. The number of aryl methyl sites for hydroxylation is 1. The topological polar surface area (TPSA) is 109 Å². The molecule has 9 heteroatoms. The third-order valence-electron chi connectivity index (χ3n) is 5.40. The number of nitrogens with zero attached hydrogens (tertiary/aromatic N) is 5. The predicted octanol–water partition coefficient (Wildman–Crippen LogP) is 2.92. The highest BCUT2D eigenvalue weighted by Gasteiger charge is 2.25. The van der Waals surface area contributed by atoms with Crippen molar-refractivity contribution in [1.82, 2.24) is 30.8 Å². The minimum atomic E-state index is -0.000248. The Morgan fingerprint density at radius 1 is 1.26 bits per heavy atom. The predicted molar refractivity (Wildman–Crippen MR) is 124 cm³/mol. The molecule has 0 aliphatic carbocycles. The Balaban J connectivity index is 0.00000193. The molecule has 2 aromatic heterocycles. The van der Waals surface area contributed by atoms with Crippen LogP contribution in [0.25, 0.3) is 23.0 Å². The zero-order chi connectivity index (χ0) is 21.8. The molecule has 2 N–H and O–H groups in total. The summed E-state index contributed by atoms with van der Waals surface area (Å²) in [5.74, 6) is 1.99. The summed E-state index contributed by atoms with van der Waals surface area (Å²) < 4.78 is 5.93. The van der Waals surface area contributed by atoms with Crippen molar-refractivity contribution in [3.05, 3.63) is 41.7 Å². The third kappa shape index (κ3) is 4.88. The molecule has 0 saturated carbocycles. The average Bonchev–Trinajstić information content (AvgIpc) is 3.44. The molecule has 1 saturated heterocycles. The molecule has 4 rings (SSSR count). The molecule has 3 aromatic rings. The van der Waals surface area contributed by atoms with Crippen LogP contribution in [-0.4, -0.2) is 52.8 Å². The van der Waals surface area contributed by atoms with E-state index in [0.717, 1.165) is 43.1 Å². The first-order chi connectivity index (χ1) is 15.0. The van der Waals surface area contributed by atoms with Gasteiger partial charge in [0.1, 0.15) is 5.82 Å². The second-order valence-corrected chi connectivity index (χ2v) is 7.84. The van der Waals surface area contributed by atoms with Crippen LogP contribution in [0.2, 0.25) is 0 Å². The largest absolute Gasteiger partial charge is 0.415 e. The number of carbonyl (C=O) groups excluding carboxylic acids is 1. The van der Waals surface area contributed by atoms with Gasteiger partial charge in [-0.25, -0.2) is 4.98 Å². The van der Waals surface area contributed by atoms with Crippen LogP contribution in [0.5, 0.6) is 0 Å². The van der Waals surface area contributed by atoms with Crippen LogP contribution >= 0.6 is 0 Å². The number of aromatic nitrogens is 4. The molecule has 0 unspecified atom stereocenters. The average molecular weight is 428 g/mol. The number of hydrogen-bond acceptors (Lipinski definition) is 8. The number of benzene rings is 1. The van der Waals surface area contributed by atoms with E-state index in [2.05, 4.69) is 30.7 Å². The molecule has 0 radical (unpaired) electrons. The van der Waals surface area contributed by atoms with Gasteiger partial charge in [0.15, 0.2) is 5.69 Å². The third-order valence-corrected chi connectivity index (χ3v) is 5.40. The van der Waals surface area contributed by atoms with Gasteiger partial charge in [-0.15, -0.1) is 10.2 Å². The van der Waals surface area contributed by atoms with Crippen LogP contribution in [0.15, 0.2) is 34.9 Å². The van der Waals surface area contributed by atoms with E-state index in [-0.39, 0.29) is 10.2 Å². The van der Waals surface area contributed by atoms with Gasteiger partial charge < -0.3 is 20.0 Å². The fourth-order valence-electron chi connectivity index (χ4n) is 3.70. The Bertz CT molecular complexity index is 1060. The van der Waals surface area contributed by atoms with E-state index < -0.39 is 0 Å². The Hall–Kier alpha value is -3.33. The molecule has 0 spiro atoms. The molecule has 31 heavy (non-hydrogen) atoms. The second-order valence-electron chi connectivity index (χ2n) is 7.84. The Labute approximate surface area is 185 Å². The van der Waals surface area contributed by atoms with E-state index in [9.17, 15) is 4.79 Å². The number of nitrogens with one attached hydrogen (secondary N) is 2. The smallest absolute Gasteiger partial charge is 0.268 e. The maximum absolute atomic E-state index is 11.2. The zero-order valence-corrected chi connectivity index (χ0v) is 18.1. The van der Waals surface area contributed by atoms with Crippen molar-refractivity contribution in [2.45, 2.75) is 26.8 Å². The van der Waals surface area contributed by atoms with Gasteiger partial charge in [-0.05, 0) is 44.0 Å². The van der Waals surface area contributed by atoms with Crippen LogP contribution in [0.1, 0.15) is 28.9 Å². The van der Waals surface area contributed by atoms with Crippen molar-refractivity contribution < 1.29 is 13.5 Å². The Morgan fingerprint density at radius 2 is 2.03 bits per heavy atom. The molecular weight excluding hydrogens is 394 g/mol. The number of anilines is 1. The summed E-state index contributed by atoms with van der Waals surface area (Å²) in [4.78, 5) is 22.6. The molecule has 1 fully saturated rings. The van der Waals surface area contributed by atoms with Crippen LogP contribution in [0.4, 0.5) is 5.82 Å². The highest BCUT2D eigenvalue weighted by atomic mass is 16.4. The molecule has 1 aromatic carbocycles.